The van der Waals surface area contributed by atoms with Crippen molar-refractivity contribution in [3.05, 3.63) is 58.0 Å². The molecule has 0 N–H and O–H groups in total. The Labute approximate surface area is 192 Å². The first kappa shape index (κ1) is 20.1. The molecule has 2 aromatic heterocycles. The van der Waals surface area contributed by atoms with E-state index in [1.54, 1.807) is 11.3 Å². The van der Waals surface area contributed by atoms with Crippen molar-refractivity contribution in [3.8, 4) is 10.4 Å². The van der Waals surface area contributed by atoms with Crippen LogP contribution in [0.2, 0.25) is 0 Å². The molecule has 0 atom stereocenters. The lowest BCUT2D eigenvalue weighted by molar-refractivity contribution is 0.0628. The quantitative estimate of drug-likeness (QED) is 0.613. The van der Waals surface area contributed by atoms with E-state index in [0.717, 1.165) is 75.1 Å². The molecule has 4 heterocycles. The summed E-state index contributed by atoms with van der Waals surface area (Å²) >= 11 is 1.68. The maximum Gasteiger partial charge on any atom is 0.264 e. The molecule has 6 nitrogen and oxygen atoms in total. The van der Waals surface area contributed by atoms with Crippen LogP contribution in [0.3, 0.4) is 0 Å². The maximum atomic E-state index is 13.3. The van der Waals surface area contributed by atoms with E-state index in [0.29, 0.717) is 0 Å². The van der Waals surface area contributed by atoms with Crippen molar-refractivity contribution in [1.29, 1.82) is 0 Å². The van der Waals surface area contributed by atoms with Crippen LogP contribution in [0.15, 0.2) is 30.3 Å². The average Bonchev–Trinajstić information content (AvgIpc) is 3.36. The third-order valence-electron chi connectivity index (χ3n) is 7.16. The van der Waals surface area contributed by atoms with E-state index in [1.165, 1.54) is 40.8 Å². The van der Waals surface area contributed by atoms with Crippen molar-refractivity contribution in [1.82, 2.24) is 24.6 Å². The van der Waals surface area contributed by atoms with Gasteiger partial charge in [-0.25, -0.2) is 0 Å². The number of nitrogens with zero attached hydrogens (tertiary/aromatic N) is 5. The number of aromatic nitrogens is 3. The lowest BCUT2D eigenvalue weighted by Gasteiger charge is -2.34. The second-order valence-corrected chi connectivity index (χ2v) is 10.2. The minimum Gasteiger partial charge on any atom is -0.335 e. The summed E-state index contributed by atoms with van der Waals surface area (Å²) in [6, 6.07) is 10.8. The van der Waals surface area contributed by atoms with Crippen molar-refractivity contribution < 1.29 is 4.79 Å². The maximum absolute atomic E-state index is 13.3. The highest BCUT2D eigenvalue weighted by molar-refractivity contribution is 7.17. The zero-order valence-corrected chi connectivity index (χ0v) is 19.2. The van der Waals surface area contributed by atoms with Gasteiger partial charge >= 0.3 is 0 Å². The molecule has 0 radical (unpaired) electrons. The van der Waals surface area contributed by atoms with Gasteiger partial charge in [0.15, 0.2) is 0 Å². The predicted molar refractivity (Wildman–Crippen MR) is 126 cm³/mol. The van der Waals surface area contributed by atoms with Crippen LogP contribution in [0.1, 0.15) is 51.7 Å². The number of aryl methyl sites for hydroxylation is 3. The molecule has 0 saturated carbocycles. The lowest BCUT2D eigenvalue weighted by Crippen LogP contribution is -2.48. The first-order valence-corrected chi connectivity index (χ1v) is 12.7. The third kappa shape index (κ3) is 3.67. The topological polar surface area (TPSA) is 54.3 Å². The van der Waals surface area contributed by atoms with Crippen molar-refractivity contribution in [2.75, 3.05) is 26.2 Å². The Morgan fingerprint density at radius 1 is 0.906 bits per heavy atom. The molecule has 1 fully saturated rings. The molecular formula is C25H29N5OS. The Morgan fingerprint density at radius 3 is 2.66 bits per heavy atom. The summed E-state index contributed by atoms with van der Waals surface area (Å²) < 4.78 is 2.33. The molecule has 3 aromatic rings. The normalized spacial score (nSPS) is 18.6. The summed E-state index contributed by atoms with van der Waals surface area (Å²) in [6.07, 6.45) is 6.86. The molecule has 166 valence electrons. The van der Waals surface area contributed by atoms with Gasteiger partial charge in [-0.15, -0.1) is 21.5 Å². The minimum atomic E-state index is 0.192. The summed E-state index contributed by atoms with van der Waals surface area (Å²) in [5.74, 6) is 2.43. The second kappa shape index (κ2) is 8.45. The molecule has 1 saturated heterocycles. The monoisotopic (exact) mass is 447 g/mol. The molecule has 1 amide bonds. The number of thiophene rings is 1. The smallest absolute Gasteiger partial charge is 0.264 e. The summed E-state index contributed by atoms with van der Waals surface area (Å²) in [5.41, 5.74) is 4.05. The van der Waals surface area contributed by atoms with E-state index in [2.05, 4.69) is 50.0 Å². The molecule has 3 aliphatic rings. The fraction of sp³-hybridized carbons (Fsp3) is 0.480. The largest absolute Gasteiger partial charge is 0.335 e. The van der Waals surface area contributed by atoms with Gasteiger partial charge in [-0.05, 0) is 48.4 Å². The van der Waals surface area contributed by atoms with Crippen LogP contribution >= 0.6 is 11.3 Å². The number of hydrogen-bond donors (Lipinski definition) is 0. The minimum absolute atomic E-state index is 0.192. The number of fused-ring (bicyclic) bond motifs is 4. The Hall–Kier alpha value is -2.51. The van der Waals surface area contributed by atoms with Crippen molar-refractivity contribution in [2.24, 2.45) is 0 Å². The van der Waals surface area contributed by atoms with Crippen molar-refractivity contribution >= 4 is 17.2 Å². The van der Waals surface area contributed by atoms with E-state index in [9.17, 15) is 4.79 Å². The standard InChI is InChI=1S/C25H29N5OS/c31-25(21-16-19-10-9-18-6-3-4-7-20(18)24(19)32-21)29-14-12-28(13-15-29)17-23-27-26-22-8-2-1-5-11-30(22)23/h3-4,6-7,16H,1-2,5,8-15,17H2. The Morgan fingerprint density at radius 2 is 1.75 bits per heavy atom. The Bertz CT molecular complexity index is 1140. The molecule has 6 rings (SSSR count). The molecule has 7 heteroatoms. The highest BCUT2D eigenvalue weighted by Crippen LogP contribution is 2.39. The van der Waals surface area contributed by atoms with Crippen LogP contribution in [-0.4, -0.2) is 56.7 Å². The van der Waals surface area contributed by atoms with Crippen LogP contribution in [0.4, 0.5) is 0 Å². The van der Waals surface area contributed by atoms with Gasteiger partial charge in [0.1, 0.15) is 11.6 Å². The fourth-order valence-corrected chi connectivity index (χ4v) is 6.54. The van der Waals surface area contributed by atoms with Gasteiger partial charge < -0.3 is 9.47 Å². The van der Waals surface area contributed by atoms with E-state index < -0.39 is 0 Å². The zero-order chi connectivity index (χ0) is 21.5. The summed E-state index contributed by atoms with van der Waals surface area (Å²) in [4.78, 5) is 19.9. The Balaban J connectivity index is 1.11. The molecule has 2 aliphatic heterocycles. The van der Waals surface area contributed by atoms with Gasteiger partial charge in [0, 0.05) is 44.0 Å². The van der Waals surface area contributed by atoms with Crippen LogP contribution < -0.4 is 0 Å². The number of piperazine rings is 1. The molecule has 32 heavy (non-hydrogen) atoms. The van der Waals surface area contributed by atoms with E-state index in [1.807, 2.05) is 4.90 Å². The fourth-order valence-electron chi connectivity index (χ4n) is 5.30. The number of benzene rings is 1. The second-order valence-electron chi connectivity index (χ2n) is 9.19. The van der Waals surface area contributed by atoms with E-state index >= 15 is 0 Å². The highest BCUT2D eigenvalue weighted by atomic mass is 32.1. The number of carbonyl (C=O) groups is 1. The molecule has 0 unspecified atom stereocenters. The first-order valence-electron chi connectivity index (χ1n) is 11.9. The van der Waals surface area contributed by atoms with Crippen LogP contribution in [0, 0.1) is 0 Å². The van der Waals surface area contributed by atoms with Gasteiger partial charge in [-0.2, -0.15) is 0 Å². The summed E-state index contributed by atoms with van der Waals surface area (Å²) in [7, 11) is 0. The first-order chi connectivity index (χ1) is 15.8. The third-order valence-corrected chi connectivity index (χ3v) is 8.35. The van der Waals surface area contributed by atoms with Crippen LogP contribution in [0.5, 0.6) is 0 Å². The number of hydrogen-bond acceptors (Lipinski definition) is 5. The molecule has 0 spiro atoms. The van der Waals surface area contributed by atoms with Crippen molar-refractivity contribution in [2.45, 2.75) is 51.6 Å². The lowest BCUT2D eigenvalue weighted by atomic mass is 9.91. The predicted octanol–water partition coefficient (Wildman–Crippen LogP) is 3.79. The van der Waals surface area contributed by atoms with E-state index in [-0.39, 0.29) is 5.91 Å². The molecule has 0 bridgehead atoms. The zero-order valence-electron chi connectivity index (χ0n) is 18.4. The molecular weight excluding hydrogens is 418 g/mol. The number of amides is 1. The summed E-state index contributed by atoms with van der Waals surface area (Å²) in [6.45, 7) is 5.21. The summed E-state index contributed by atoms with van der Waals surface area (Å²) in [5, 5.41) is 8.92. The molecule has 1 aliphatic carbocycles. The van der Waals surface area contributed by atoms with E-state index in [4.69, 9.17) is 0 Å². The average molecular weight is 448 g/mol. The van der Waals surface area contributed by atoms with Gasteiger partial charge in [0.05, 0.1) is 11.4 Å². The van der Waals surface area contributed by atoms with Gasteiger partial charge in [-0.3, -0.25) is 9.69 Å². The van der Waals surface area contributed by atoms with Crippen LogP contribution in [-0.2, 0) is 32.4 Å². The van der Waals surface area contributed by atoms with Gasteiger partial charge in [0.25, 0.3) is 5.91 Å². The Kier molecular flexibility index (Phi) is 5.31. The van der Waals surface area contributed by atoms with Crippen molar-refractivity contribution in [3.63, 3.8) is 0 Å². The van der Waals surface area contributed by atoms with Crippen LogP contribution in [0.25, 0.3) is 10.4 Å². The number of carbonyl (C=O) groups excluding carboxylic acids is 1. The SMILES string of the molecule is O=C(c1cc2c(s1)-c1ccccc1CC2)N1CCN(Cc2nnc3n2CCCCC3)CC1. The number of rotatable bonds is 3. The highest BCUT2D eigenvalue weighted by Gasteiger charge is 2.27. The van der Waals surface area contributed by atoms with Gasteiger partial charge in [-0.1, -0.05) is 30.7 Å². The molecule has 1 aromatic carbocycles. The van der Waals surface area contributed by atoms with Gasteiger partial charge in [0.2, 0.25) is 0 Å².